The van der Waals surface area contributed by atoms with Crippen LogP contribution in [0.2, 0.25) is 0 Å². The minimum Gasteiger partial charge on any atom is -0.497 e. The first-order valence-corrected chi connectivity index (χ1v) is 15.3. The van der Waals surface area contributed by atoms with Gasteiger partial charge in [0.25, 0.3) is 0 Å². The quantitative estimate of drug-likeness (QED) is 0.226. The number of nitrogens with zero attached hydrogens (tertiary/aromatic N) is 1. The van der Waals surface area contributed by atoms with E-state index in [1.165, 1.54) is 0 Å². The van der Waals surface area contributed by atoms with Gasteiger partial charge in [0.2, 0.25) is 11.8 Å². The van der Waals surface area contributed by atoms with Crippen LogP contribution < -0.4 is 25.8 Å². The minimum atomic E-state index is -1.02. The van der Waals surface area contributed by atoms with Crippen molar-refractivity contribution in [2.45, 2.75) is 50.8 Å². The number of methoxy groups -OCH3 is 1. The van der Waals surface area contributed by atoms with Crippen LogP contribution in [0.5, 0.6) is 11.5 Å². The molecule has 2 aliphatic heterocycles. The van der Waals surface area contributed by atoms with E-state index in [-0.39, 0.29) is 55.6 Å². The van der Waals surface area contributed by atoms with Crippen LogP contribution in [0.1, 0.15) is 31.4 Å². The molecule has 0 saturated carbocycles. The van der Waals surface area contributed by atoms with Crippen LogP contribution in [0.3, 0.4) is 0 Å². The molecule has 4 rings (SSSR count). The fourth-order valence-electron chi connectivity index (χ4n) is 5.22. The van der Waals surface area contributed by atoms with E-state index in [1.54, 1.807) is 57.4 Å². The van der Waals surface area contributed by atoms with Gasteiger partial charge in [0.1, 0.15) is 17.1 Å². The topological polar surface area (TPSA) is 179 Å². The zero-order chi connectivity index (χ0) is 33.3. The zero-order valence-electron chi connectivity index (χ0n) is 26.4. The maximum Gasteiger partial charge on any atom is 0.409 e. The highest BCUT2D eigenvalue weighted by atomic mass is 16.6. The summed E-state index contributed by atoms with van der Waals surface area (Å²) in [6.45, 7) is 6.02. The van der Waals surface area contributed by atoms with Crippen LogP contribution in [0.15, 0.2) is 48.5 Å². The Morgan fingerprint density at radius 1 is 0.935 bits per heavy atom. The van der Waals surface area contributed by atoms with Gasteiger partial charge in [0, 0.05) is 25.4 Å². The minimum absolute atomic E-state index is 0.136. The summed E-state index contributed by atoms with van der Waals surface area (Å²) in [5.74, 6) is -1.32. The maximum absolute atomic E-state index is 13.9. The normalized spacial score (nSPS) is 19.6. The molecule has 2 aliphatic rings. The lowest BCUT2D eigenvalue weighted by atomic mass is 9.89. The average molecular weight is 639 g/mol. The molecule has 248 valence electrons. The number of benzene rings is 2. The smallest absolute Gasteiger partial charge is 0.409 e. The number of carbonyl (C=O) groups excluding carboxylic acids is 5. The first-order valence-electron chi connectivity index (χ1n) is 15.3. The summed E-state index contributed by atoms with van der Waals surface area (Å²) in [5.41, 5.74) is 5.55. The van der Waals surface area contributed by atoms with Crippen LogP contribution in [0, 0.1) is 5.92 Å². The number of morpholine rings is 1. The summed E-state index contributed by atoms with van der Waals surface area (Å²) in [6, 6.07) is 11.8. The molecular formula is C33H42N4O9. The zero-order valence-corrected chi connectivity index (χ0v) is 26.4. The molecule has 3 amide bonds. The number of Topliss-reactive ketones (excluding diaryl/α,β-unsaturated/α-hetero) is 2. The van der Waals surface area contributed by atoms with Gasteiger partial charge in [0.15, 0.2) is 11.6 Å². The highest BCUT2D eigenvalue weighted by Gasteiger charge is 2.50. The standard InChI is InChI=1S/C33H42N4O9/c1-21(35-29(39)19-37-12-14-44-15-13-37)28(38)18-24(16-22-4-8-25(43-3)9-5-22)31(41)36-27(30(40)33(2)20-45-33)17-23-6-10-26(11-7-23)46-32(34)42/h4-11,21,24,27H,12-20H2,1-3H3,(H2,34,42)(H,35,39)(H,36,41). The van der Waals surface area contributed by atoms with Crippen molar-refractivity contribution in [3.05, 3.63) is 59.7 Å². The monoisotopic (exact) mass is 638 g/mol. The second-order valence-corrected chi connectivity index (χ2v) is 11.8. The molecule has 13 nitrogen and oxygen atoms in total. The van der Waals surface area contributed by atoms with Gasteiger partial charge in [-0.3, -0.25) is 24.1 Å². The second-order valence-electron chi connectivity index (χ2n) is 11.8. The number of carbonyl (C=O) groups is 5. The lowest BCUT2D eigenvalue weighted by Gasteiger charge is -2.27. The highest BCUT2D eigenvalue weighted by Crippen LogP contribution is 2.29. The van der Waals surface area contributed by atoms with E-state index in [4.69, 9.17) is 24.7 Å². The van der Waals surface area contributed by atoms with Crippen LogP contribution in [0.25, 0.3) is 0 Å². The molecule has 2 heterocycles. The Morgan fingerprint density at radius 3 is 2.09 bits per heavy atom. The van der Waals surface area contributed by atoms with Crippen LogP contribution in [0.4, 0.5) is 4.79 Å². The molecule has 0 aromatic heterocycles. The predicted molar refractivity (Wildman–Crippen MR) is 166 cm³/mol. The third-order valence-electron chi connectivity index (χ3n) is 8.10. The third kappa shape index (κ3) is 10.1. The van der Waals surface area contributed by atoms with Crippen LogP contribution >= 0.6 is 0 Å². The molecular weight excluding hydrogens is 596 g/mol. The van der Waals surface area contributed by atoms with Gasteiger partial charge in [-0.2, -0.15) is 0 Å². The molecule has 2 fully saturated rings. The Labute approximate surface area is 268 Å². The van der Waals surface area contributed by atoms with E-state index >= 15 is 0 Å². The summed E-state index contributed by atoms with van der Waals surface area (Å²) in [4.78, 5) is 66.4. The molecule has 0 spiro atoms. The van der Waals surface area contributed by atoms with Crippen molar-refractivity contribution in [1.82, 2.24) is 15.5 Å². The molecule has 4 unspecified atom stereocenters. The molecule has 2 aromatic carbocycles. The molecule has 46 heavy (non-hydrogen) atoms. The number of epoxide rings is 1. The molecule has 2 aromatic rings. The van der Waals surface area contributed by atoms with E-state index in [1.807, 2.05) is 17.0 Å². The summed E-state index contributed by atoms with van der Waals surface area (Å²) in [6.07, 6.45) is -0.762. The Kier molecular flexibility index (Phi) is 11.9. The van der Waals surface area contributed by atoms with E-state index in [2.05, 4.69) is 10.6 Å². The van der Waals surface area contributed by atoms with E-state index < -0.39 is 35.6 Å². The van der Waals surface area contributed by atoms with Crippen molar-refractivity contribution in [3.63, 3.8) is 0 Å². The van der Waals surface area contributed by atoms with Crippen molar-refractivity contribution in [2.75, 3.05) is 46.6 Å². The molecule has 0 bridgehead atoms. The van der Waals surface area contributed by atoms with E-state index in [0.717, 1.165) is 5.56 Å². The molecule has 4 N–H and O–H groups in total. The lowest BCUT2D eigenvalue weighted by Crippen LogP contribution is -2.50. The van der Waals surface area contributed by atoms with Gasteiger partial charge in [-0.15, -0.1) is 0 Å². The highest BCUT2D eigenvalue weighted by molar-refractivity contribution is 5.98. The lowest BCUT2D eigenvalue weighted by molar-refractivity contribution is -0.134. The van der Waals surface area contributed by atoms with Gasteiger partial charge >= 0.3 is 6.09 Å². The SMILES string of the molecule is COc1ccc(CC(CC(=O)C(C)NC(=O)CN2CCOCC2)C(=O)NC(Cc2ccc(OC(N)=O)cc2)C(=O)C2(C)CO2)cc1. The van der Waals surface area contributed by atoms with Gasteiger partial charge in [0.05, 0.1) is 45.6 Å². The Balaban J connectivity index is 1.48. The predicted octanol–water partition coefficient (Wildman–Crippen LogP) is 1.19. The number of primary amides is 1. The summed E-state index contributed by atoms with van der Waals surface area (Å²) in [7, 11) is 1.55. The largest absolute Gasteiger partial charge is 0.497 e. The number of nitrogens with one attached hydrogen (secondary N) is 2. The molecule has 4 atom stereocenters. The number of nitrogens with two attached hydrogens (primary N) is 1. The van der Waals surface area contributed by atoms with Gasteiger partial charge in [-0.1, -0.05) is 24.3 Å². The van der Waals surface area contributed by atoms with Crippen molar-refractivity contribution in [3.8, 4) is 11.5 Å². The summed E-state index contributed by atoms with van der Waals surface area (Å²) in [5, 5.41) is 5.64. The second kappa shape index (κ2) is 15.8. The number of amides is 3. The van der Waals surface area contributed by atoms with Crippen LogP contribution in [-0.2, 0) is 41.5 Å². The van der Waals surface area contributed by atoms with Crippen molar-refractivity contribution < 1.29 is 42.9 Å². The van der Waals surface area contributed by atoms with Gasteiger partial charge in [-0.25, -0.2) is 4.79 Å². The van der Waals surface area contributed by atoms with E-state index in [9.17, 15) is 24.0 Å². The van der Waals surface area contributed by atoms with E-state index in [0.29, 0.717) is 37.6 Å². The summed E-state index contributed by atoms with van der Waals surface area (Å²) < 4.78 is 20.8. The number of ether oxygens (including phenoxy) is 4. The molecule has 0 radical (unpaired) electrons. The fraction of sp³-hybridized carbons (Fsp3) is 0.485. The Hall–Kier alpha value is -4.33. The van der Waals surface area contributed by atoms with Crippen LogP contribution in [-0.4, -0.2) is 98.6 Å². The fourth-order valence-corrected chi connectivity index (χ4v) is 5.22. The molecule has 2 saturated heterocycles. The number of ketones is 2. The Bertz CT molecular complexity index is 1390. The first-order chi connectivity index (χ1) is 22.0. The summed E-state index contributed by atoms with van der Waals surface area (Å²) >= 11 is 0. The number of rotatable bonds is 16. The van der Waals surface area contributed by atoms with Gasteiger partial charge in [-0.05, 0) is 62.1 Å². The number of hydrogen-bond donors (Lipinski definition) is 3. The maximum atomic E-state index is 13.9. The molecule has 0 aliphatic carbocycles. The number of hydrogen-bond acceptors (Lipinski definition) is 10. The first kappa shape index (κ1) is 34.5. The average Bonchev–Trinajstić information content (AvgIpc) is 3.79. The molecule has 13 heteroatoms. The third-order valence-corrected chi connectivity index (χ3v) is 8.10. The van der Waals surface area contributed by atoms with Crippen molar-refractivity contribution >= 4 is 29.5 Å². The van der Waals surface area contributed by atoms with Crippen molar-refractivity contribution in [1.29, 1.82) is 0 Å². The Morgan fingerprint density at radius 2 is 1.52 bits per heavy atom. The van der Waals surface area contributed by atoms with Crippen molar-refractivity contribution in [2.24, 2.45) is 11.7 Å². The van der Waals surface area contributed by atoms with Gasteiger partial charge < -0.3 is 35.3 Å².